The van der Waals surface area contributed by atoms with Crippen LogP contribution in [0.1, 0.15) is 11.1 Å². The molecule has 0 saturated carbocycles. The van der Waals surface area contributed by atoms with Crippen molar-refractivity contribution in [3.05, 3.63) is 76.6 Å². The maximum absolute atomic E-state index is 12.8. The number of rotatable bonds is 3. The molecular weight excluding hydrogens is 263 g/mol. The summed E-state index contributed by atoms with van der Waals surface area (Å²) < 4.78 is 12.8. The second-order valence-electron chi connectivity index (χ2n) is 3.91. The van der Waals surface area contributed by atoms with E-state index < -0.39 is 0 Å². The molecule has 2 aromatic carbocycles. The van der Waals surface area contributed by atoms with E-state index in [1.54, 1.807) is 48.6 Å². The van der Waals surface area contributed by atoms with Crippen LogP contribution in [0.2, 0.25) is 5.02 Å². The molecule has 0 atom stereocenters. The van der Waals surface area contributed by atoms with Crippen molar-refractivity contribution in [2.45, 2.75) is 0 Å². The Balaban J connectivity index is 2.22. The molecule has 0 spiro atoms. The highest BCUT2D eigenvalue weighted by molar-refractivity contribution is 6.30. The molecule has 3 heteroatoms. The molecule has 0 radical (unpaired) electrons. The number of carbonyl (C=O) groups excluding carboxylic acids is 1. The van der Waals surface area contributed by atoms with Crippen molar-refractivity contribution >= 4 is 29.2 Å². The van der Waals surface area contributed by atoms with Crippen LogP contribution >= 0.6 is 11.6 Å². The third kappa shape index (κ3) is 3.65. The van der Waals surface area contributed by atoms with E-state index in [9.17, 15) is 9.18 Å². The van der Waals surface area contributed by atoms with E-state index >= 15 is 0 Å². The Labute approximate surface area is 115 Å². The average molecular weight is 273 g/mol. The van der Waals surface area contributed by atoms with Gasteiger partial charge in [0, 0.05) is 5.02 Å². The van der Waals surface area contributed by atoms with Gasteiger partial charge in [0.2, 0.25) is 0 Å². The van der Waals surface area contributed by atoms with Gasteiger partial charge in [0.1, 0.15) is 11.8 Å². The predicted molar refractivity (Wildman–Crippen MR) is 76.0 cm³/mol. The first-order chi connectivity index (χ1) is 9.19. The highest BCUT2D eigenvalue weighted by Crippen LogP contribution is 2.17. The second-order valence-corrected chi connectivity index (χ2v) is 4.34. The van der Waals surface area contributed by atoms with Gasteiger partial charge >= 0.3 is 0 Å². The Morgan fingerprint density at radius 1 is 1.05 bits per heavy atom. The number of benzene rings is 2. The molecule has 0 bridgehead atoms. The fourth-order valence-electron chi connectivity index (χ4n) is 1.57. The van der Waals surface area contributed by atoms with Crippen molar-refractivity contribution in [2.24, 2.45) is 0 Å². The SMILES string of the molecule is O=C=C(/C=C/c1ccc(F)cc1)c1ccc(Cl)cc1. The van der Waals surface area contributed by atoms with Gasteiger partial charge in [-0.2, -0.15) is 0 Å². The van der Waals surface area contributed by atoms with Crippen molar-refractivity contribution < 1.29 is 9.18 Å². The number of halogens is 2. The number of allylic oxidation sites excluding steroid dienone is 2. The van der Waals surface area contributed by atoms with Crippen LogP contribution in [-0.2, 0) is 4.79 Å². The van der Waals surface area contributed by atoms with E-state index in [1.807, 2.05) is 5.94 Å². The van der Waals surface area contributed by atoms with Crippen LogP contribution in [0.15, 0.2) is 54.6 Å². The molecule has 0 aliphatic heterocycles. The Morgan fingerprint density at radius 3 is 2.26 bits per heavy atom. The van der Waals surface area contributed by atoms with Gasteiger partial charge in [-0.25, -0.2) is 9.18 Å². The molecule has 2 rings (SSSR count). The maximum Gasteiger partial charge on any atom is 0.133 e. The second kappa shape index (κ2) is 6.14. The van der Waals surface area contributed by atoms with Gasteiger partial charge in [-0.3, -0.25) is 0 Å². The molecule has 0 aromatic heterocycles. The molecule has 2 aromatic rings. The van der Waals surface area contributed by atoms with Gasteiger partial charge in [-0.1, -0.05) is 41.9 Å². The fraction of sp³-hybridized carbons (Fsp3) is 0. The summed E-state index contributed by atoms with van der Waals surface area (Å²) >= 11 is 5.79. The zero-order valence-electron chi connectivity index (χ0n) is 9.94. The predicted octanol–water partition coefficient (Wildman–Crippen LogP) is 4.41. The number of hydrogen-bond donors (Lipinski definition) is 0. The molecule has 1 nitrogen and oxygen atoms in total. The molecule has 0 amide bonds. The van der Waals surface area contributed by atoms with Crippen LogP contribution in [0.4, 0.5) is 4.39 Å². The van der Waals surface area contributed by atoms with Crippen molar-refractivity contribution in [3.8, 4) is 0 Å². The van der Waals surface area contributed by atoms with Crippen LogP contribution in [0, 0.1) is 5.82 Å². The lowest BCUT2D eigenvalue weighted by Crippen LogP contribution is -1.81. The fourth-order valence-corrected chi connectivity index (χ4v) is 1.70. The van der Waals surface area contributed by atoms with E-state index in [4.69, 9.17) is 11.6 Å². The van der Waals surface area contributed by atoms with Gasteiger partial charge < -0.3 is 0 Å². The van der Waals surface area contributed by atoms with E-state index in [1.165, 1.54) is 12.1 Å². The lowest BCUT2D eigenvalue weighted by Gasteiger charge is -1.98. The molecule has 0 aliphatic carbocycles. The quantitative estimate of drug-likeness (QED) is 0.598. The highest BCUT2D eigenvalue weighted by Gasteiger charge is 1.99. The molecule has 0 unspecified atom stereocenters. The normalized spacial score (nSPS) is 10.4. The van der Waals surface area contributed by atoms with Gasteiger partial charge in [0.05, 0.1) is 5.57 Å². The van der Waals surface area contributed by atoms with Crippen LogP contribution in [0.25, 0.3) is 11.6 Å². The Morgan fingerprint density at radius 2 is 1.68 bits per heavy atom. The third-order valence-corrected chi connectivity index (χ3v) is 2.83. The van der Waals surface area contributed by atoms with Gasteiger partial charge in [0.15, 0.2) is 0 Å². The molecule has 0 saturated heterocycles. The Bertz CT molecular complexity index is 635. The maximum atomic E-state index is 12.8. The Kier molecular flexibility index (Phi) is 4.30. The molecule has 0 heterocycles. The summed E-state index contributed by atoms with van der Waals surface area (Å²) in [5.74, 6) is 1.59. The standard InChI is InChI=1S/C16H10ClFO/c17-15-7-5-13(6-8-15)14(11-19)4-1-12-2-9-16(18)10-3-12/h1-10H/b4-1+. The molecule has 94 valence electrons. The summed E-state index contributed by atoms with van der Waals surface area (Å²) in [5.41, 5.74) is 1.96. The topological polar surface area (TPSA) is 17.1 Å². The van der Waals surface area contributed by atoms with Crippen molar-refractivity contribution in [3.63, 3.8) is 0 Å². The minimum absolute atomic E-state index is 0.291. The monoisotopic (exact) mass is 272 g/mol. The van der Waals surface area contributed by atoms with Crippen molar-refractivity contribution in [1.82, 2.24) is 0 Å². The van der Waals surface area contributed by atoms with E-state index in [0.29, 0.717) is 10.6 Å². The smallest absolute Gasteiger partial charge is 0.133 e. The third-order valence-electron chi connectivity index (χ3n) is 2.58. The summed E-state index contributed by atoms with van der Waals surface area (Å²) in [6.45, 7) is 0. The Hall–Kier alpha value is -2.15. The van der Waals surface area contributed by atoms with Gasteiger partial charge in [-0.15, -0.1) is 0 Å². The molecule has 0 aliphatic rings. The number of hydrogen-bond acceptors (Lipinski definition) is 1. The molecular formula is C16H10ClFO. The van der Waals surface area contributed by atoms with Crippen molar-refractivity contribution in [1.29, 1.82) is 0 Å². The van der Waals surface area contributed by atoms with Crippen LogP contribution < -0.4 is 0 Å². The lowest BCUT2D eigenvalue weighted by atomic mass is 10.1. The molecule has 0 fully saturated rings. The van der Waals surface area contributed by atoms with Gasteiger partial charge in [0.25, 0.3) is 0 Å². The summed E-state index contributed by atoms with van der Waals surface area (Å²) in [6, 6.07) is 12.9. The first-order valence-electron chi connectivity index (χ1n) is 5.64. The lowest BCUT2D eigenvalue weighted by molar-refractivity contribution is 0.569. The summed E-state index contributed by atoms with van der Waals surface area (Å²) in [7, 11) is 0. The van der Waals surface area contributed by atoms with Crippen molar-refractivity contribution in [2.75, 3.05) is 0 Å². The summed E-state index contributed by atoms with van der Waals surface area (Å²) in [5, 5.41) is 0.608. The van der Waals surface area contributed by atoms with Gasteiger partial charge in [-0.05, 0) is 41.5 Å². The van der Waals surface area contributed by atoms with Crippen LogP contribution in [0.5, 0.6) is 0 Å². The molecule has 19 heavy (non-hydrogen) atoms. The first-order valence-corrected chi connectivity index (χ1v) is 6.01. The average Bonchev–Trinajstić information content (AvgIpc) is 2.43. The highest BCUT2D eigenvalue weighted by atomic mass is 35.5. The minimum Gasteiger partial charge on any atom is -0.233 e. The molecule has 0 N–H and O–H groups in total. The summed E-state index contributed by atoms with van der Waals surface area (Å²) in [6.07, 6.45) is 3.37. The van der Waals surface area contributed by atoms with Crippen LogP contribution in [0.3, 0.4) is 0 Å². The minimum atomic E-state index is -0.291. The first kappa shape index (κ1) is 13.3. The van der Waals surface area contributed by atoms with E-state index in [0.717, 1.165) is 11.1 Å². The zero-order valence-corrected chi connectivity index (χ0v) is 10.7. The largest absolute Gasteiger partial charge is 0.233 e. The zero-order chi connectivity index (χ0) is 13.7. The van der Waals surface area contributed by atoms with E-state index in [2.05, 4.69) is 0 Å². The van der Waals surface area contributed by atoms with E-state index in [-0.39, 0.29) is 5.82 Å². The summed E-state index contributed by atoms with van der Waals surface area (Å²) in [4.78, 5) is 11.0. The van der Waals surface area contributed by atoms with Crippen LogP contribution in [-0.4, -0.2) is 5.94 Å².